The summed E-state index contributed by atoms with van der Waals surface area (Å²) in [6.07, 6.45) is 3.06. The van der Waals surface area contributed by atoms with Gasteiger partial charge in [-0.15, -0.1) is 0 Å². The van der Waals surface area contributed by atoms with E-state index in [0.29, 0.717) is 6.42 Å². The fourth-order valence-corrected chi connectivity index (χ4v) is 2.17. The van der Waals surface area contributed by atoms with Gasteiger partial charge in [-0.3, -0.25) is 4.68 Å². The quantitative estimate of drug-likeness (QED) is 0.853. The molecule has 0 radical (unpaired) electrons. The van der Waals surface area contributed by atoms with Crippen molar-refractivity contribution in [2.75, 3.05) is 7.11 Å². The van der Waals surface area contributed by atoms with Gasteiger partial charge < -0.3 is 10.5 Å². The molecule has 0 aliphatic heterocycles. The van der Waals surface area contributed by atoms with Crippen LogP contribution in [0, 0.1) is 0 Å². The van der Waals surface area contributed by atoms with Crippen LogP contribution in [0.3, 0.4) is 0 Å². The van der Waals surface area contributed by atoms with Crippen LogP contribution in [0.4, 0.5) is 0 Å². The van der Waals surface area contributed by atoms with Crippen LogP contribution in [0.2, 0.25) is 0 Å². The van der Waals surface area contributed by atoms with Gasteiger partial charge in [0.05, 0.1) is 7.11 Å². The molecular formula is C14H20N4O. The van der Waals surface area contributed by atoms with E-state index in [1.165, 1.54) is 0 Å². The summed E-state index contributed by atoms with van der Waals surface area (Å²) in [5.41, 5.74) is 7.33. The highest BCUT2D eigenvalue weighted by atomic mass is 16.5. The van der Waals surface area contributed by atoms with Crippen molar-refractivity contribution in [3.8, 4) is 5.75 Å². The first-order chi connectivity index (χ1) is 9.24. The van der Waals surface area contributed by atoms with Crippen LogP contribution in [-0.2, 0) is 19.4 Å². The minimum atomic E-state index is 0.00537. The summed E-state index contributed by atoms with van der Waals surface area (Å²) in [6, 6.07) is 7.96. The van der Waals surface area contributed by atoms with Crippen LogP contribution < -0.4 is 10.5 Å². The van der Waals surface area contributed by atoms with Gasteiger partial charge in [-0.25, -0.2) is 4.98 Å². The van der Waals surface area contributed by atoms with Gasteiger partial charge in [-0.05, 0) is 25.0 Å². The van der Waals surface area contributed by atoms with Crippen molar-refractivity contribution in [2.45, 2.75) is 32.4 Å². The van der Waals surface area contributed by atoms with E-state index in [1.54, 1.807) is 13.4 Å². The van der Waals surface area contributed by atoms with Crippen LogP contribution in [0.1, 0.15) is 18.3 Å². The molecule has 0 spiro atoms. The van der Waals surface area contributed by atoms with Gasteiger partial charge in [0, 0.05) is 19.0 Å². The first-order valence-electron chi connectivity index (χ1n) is 6.48. The van der Waals surface area contributed by atoms with Gasteiger partial charge >= 0.3 is 0 Å². The molecule has 0 saturated carbocycles. The molecule has 0 bridgehead atoms. The van der Waals surface area contributed by atoms with Crippen LogP contribution in [0.15, 0.2) is 30.6 Å². The molecule has 1 heterocycles. The number of hydrogen-bond acceptors (Lipinski definition) is 4. The van der Waals surface area contributed by atoms with E-state index < -0.39 is 0 Å². The van der Waals surface area contributed by atoms with Crippen LogP contribution in [0.5, 0.6) is 5.75 Å². The molecule has 0 amide bonds. The van der Waals surface area contributed by atoms with Crippen LogP contribution in [0.25, 0.3) is 0 Å². The van der Waals surface area contributed by atoms with Crippen molar-refractivity contribution in [3.63, 3.8) is 0 Å². The molecule has 2 N–H and O–H groups in total. The van der Waals surface area contributed by atoms with Crippen molar-refractivity contribution in [1.82, 2.24) is 14.8 Å². The topological polar surface area (TPSA) is 66.0 Å². The maximum absolute atomic E-state index is 6.21. The Labute approximate surface area is 113 Å². The predicted octanol–water partition coefficient (Wildman–Crippen LogP) is 1.42. The number of para-hydroxylation sites is 1. The lowest BCUT2D eigenvalue weighted by Gasteiger charge is -2.14. The van der Waals surface area contributed by atoms with Gasteiger partial charge in [-0.1, -0.05) is 18.2 Å². The summed E-state index contributed by atoms with van der Waals surface area (Å²) in [7, 11) is 1.68. The lowest BCUT2D eigenvalue weighted by atomic mass is 10.0. The van der Waals surface area contributed by atoms with Crippen molar-refractivity contribution in [1.29, 1.82) is 0 Å². The van der Waals surface area contributed by atoms with E-state index in [-0.39, 0.29) is 6.04 Å². The largest absolute Gasteiger partial charge is 0.496 e. The molecule has 1 unspecified atom stereocenters. The third-order valence-electron chi connectivity index (χ3n) is 3.11. The molecule has 2 aromatic rings. The Hall–Kier alpha value is -1.88. The molecule has 1 aromatic heterocycles. The molecule has 2 rings (SSSR count). The second kappa shape index (κ2) is 6.33. The Morgan fingerprint density at radius 1 is 1.32 bits per heavy atom. The maximum Gasteiger partial charge on any atom is 0.138 e. The maximum atomic E-state index is 6.21. The number of aromatic nitrogens is 3. The van der Waals surface area contributed by atoms with E-state index >= 15 is 0 Å². The first kappa shape index (κ1) is 13.5. The van der Waals surface area contributed by atoms with E-state index in [4.69, 9.17) is 10.5 Å². The van der Waals surface area contributed by atoms with Crippen molar-refractivity contribution < 1.29 is 4.74 Å². The van der Waals surface area contributed by atoms with E-state index in [9.17, 15) is 0 Å². The number of benzene rings is 1. The number of aryl methyl sites for hydroxylation is 1. The zero-order valence-electron chi connectivity index (χ0n) is 11.4. The van der Waals surface area contributed by atoms with E-state index in [1.807, 2.05) is 35.9 Å². The molecule has 1 atom stereocenters. The Morgan fingerprint density at radius 3 is 2.84 bits per heavy atom. The lowest BCUT2D eigenvalue weighted by Crippen LogP contribution is -2.27. The fourth-order valence-electron chi connectivity index (χ4n) is 2.17. The number of rotatable bonds is 6. The fraction of sp³-hybridized carbons (Fsp3) is 0.429. The van der Waals surface area contributed by atoms with Crippen LogP contribution in [-0.4, -0.2) is 27.9 Å². The number of hydrogen-bond donors (Lipinski definition) is 1. The molecule has 1 aromatic carbocycles. The first-order valence-corrected chi connectivity index (χ1v) is 6.48. The standard InChI is InChI=1S/C14H20N4O/c1-3-18-14(16-10-17-18)9-12(15)8-11-6-4-5-7-13(11)19-2/h4-7,10,12H,3,8-9,15H2,1-2H3. The number of ether oxygens (including phenoxy) is 1. The Kier molecular flexibility index (Phi) is 4.52. The highest BCUT2D eigenvalue weighted by Gasteiger charge is 2.12. The average molecular weight is 260 g/mol. The zero-order chi connectivity index (χ0) is 13.7. The summed E-state index contributed by atoms with van der Waals surface area (Å²) in [5, 5.41) is 4.15. The van der Waals surface area contributed by atoms with Gasteiger partial charge in [0.15, 0.2) is 0 Å². The average Bonchev–Trinajstić information content (AvgIpc) is 2.86. The second-order valence-electron chi connectivity index (χ2n) is 4.47. The Morgan fingerprint density at radius 2 is 2.11 bits per heavy atom. The van der Waals surface area contributed by atoms with Crippen molar-refractivity contribution in [3.05, 3.63) is 42.0 Å². The third-order valence-corrected chi connectivity index (χ3v) is 3.11. The molecule has 5 heteroatoms. The number of nitrogens with two attached hydrogens (primary N) is 1. The minimum Gasteiger partial charge on any atom is -0.496 e. The highest BCUT2D eigenvalue weighted by Crippen LogP contribution is 2.19. The second-order valence-corrected chi connectivity index (χ2v) is 4.47. The van der Waals surface area contributed by atoms with E-state index in [0.717, 1.165) is 30.1 Å². The number of methoxy groups -OCH3 is 1. The molecular weight excluding hydrogens is 240 g/mol. The van der Waals surface area contributed by atoms with Gasteiger partial charge in [0.1, 0.15) is 17.9 Å². The molecule has 102 valence electrons. The molecule has 0 aliphatic carbocycles. The molecule has 0 saturated heterocycles. The summed E-state index contributed by atoms with van der Waals surface area (Å²) >= 11 is 0. The smallest absolute Gasteiger partial charge is 0.138 e. The predicted molar refractivity (Wildman–Crippen MR) is 74.1 cm³/mol. The van der Waals surface area contributed by atoms with Crippen molar-refractivity contribution in [2.24, 2.45) is 5.73 Å². The molecule has 5 nitrogen and oxygen atoms in total. The summed E-state index contributed by atoms with van der Waals surface area (Å²) in [4.78, 5) is 4.25. The van der Waals surface area contributed by atoms with Crippen LogP contribution >= 0.6 is 0 Å². The Balaban J connectivity index is 2.03. The van der Waals surface area contributed by atoms with Gasteiger partial charge in [0.25, 0.3) is 0 Å². The lowest BCUT2D eigenvalue weighted by molar-refractivity contribution is 0.407. The normalized spacial score (nSPS) is 12.4. The zero-order valence-corrected chi connectivity index (χ0v) is 11.4. The summed E-state index contributed by atoms with van der Waals surface area (Å²) < 4.78 is 7.21. The molecule has 0 aliphatic rings. The molecule has 19 heavy (non-hydrogen) atoms. The molecule has 0 fully saturated rings. The summed E-state index contributed by atoms with van der Waals surface area (Å²) in [5.74, 6) is 1.82. The minimum absolute atomic E-state index is 0.00537. The Bertz CT molecular complexity index is 524. The highest BCUT2D eigenvalue weighted by molar-refractivity contribution is 5.33. The SMILES string of the molecule is CCn1ncnc1CC(N)Cc1ccccc1OC. The van der Waals surface area contributed by atoms with Gasteiger partial charge in [0.2, 0.25) is 0 Å². The van der Waals surface area contributed by atoms with Gasteiger partial charge in [-0.2, -0.15) is 5.10 Å². The van der Waals surface area contributed by atoms with E-state index in [2.05, 4.69) is 10.1 Å². The third kappa shape index (κ3) is 3.32. The summed E-state index contributed by atoms with van der Waals surface area (Å²) in [6.45, 7) is 2.86. The van der Waals surface area contributed by atoms with Crippen molar-refractivity contribution >= 4 is 0 Å². The monoisotopic (exact) mass is 260 g/mol. The number of nitrogens with zero attached hydrogens (tertiary/aromatic N) is 3.